The first-order chi connectivity index (χ1) is 11.7. The number of aromatic nitrogens is 2. The number of hydrogen-bond acceptors (Lipinski definition) is 6. The Balaban J connectivity index is 1.73. The van der Waals surface area contributed by atoms with Crippen LogP contribution in [-0.2, 0) is 0 Å². The van der Waals surface area contributed by atoms with Gasteiger partial charge < -0.3 is 10.1 Å². The summed E-state index contributed by atoms with van der Waals surface area (Å²) in [7, 11) is 3.83. The number of rotatable bonds is 5. The highest BCUT2D eigenvalue weighted by molar-refractivity contribution is 5.46. The average molecular weight is 323 g/mol. The highest BCUT2D eigenvalue weighted by atomic mass is 16.5. The molecule has 1 fully saturated rings. The fraction of sp³-hybridized carbons (Fsp3) is 0.389. The topological polar surface area (TPSA) is 74.1 Å². The van der Waals surface area contributed by atoms with Crippen molar-refractivity contribution in [3.05, 3.63) is 47.9 Å². The van der Waals surface area contributed by atoms with Crippen molar-refractivity contribution in [1.82, 2.24) is 14.9 Å². The maximum atomic E-state index is 9.12. The third kappa shape index (κ3) is 3.31. The number of likely N-dealkylation sites (tertiary alicyclic amines) is 1. The van der Waals surface area contributed by atoms with Gasteiger partial charge in [0.05, 0.1) is 7.11 Å². The van der Waals surface area contributed by atoms with Gasteiger partial charge in [0.2, 0.25) is 0 Å². The average Bonchev–Trinajstić information content (AvgIpc) is 3.00. The summed E-state index contributed by atoms with van der Waals surface area (Å²) in [6, 6.07) is 10.7. The van der Waals surface area contributed by atoms with E-state index in [2.05, 4.69) is 45.4 Å². The lowest BCUT2D eigenvalue weighted by atomic mass is 9.93. The Hall–Kier alpha value is -2.65. The molecule has 2 atom stereocenters. The van der Waals surface area contributed by atoms with E-state index in [1.807, 2.05) is 12.1 Å². The number of nitrogens with zero attached hydrogens (tertiary/aromatic N) is 4. The summed E-state index contributed by atoms with van der Waals surface area (Å²) in [5.41, 5.74) is 1.62. The van der Waals surface area contributed by atoms with E-state index in [0.29, 0.717) is 23.5 Å². The molecular weight excluding hydrogens is 302 g/mol. The highest BCUT2D eigenvalue weighted by Gasteiger charge is 2.32. The van der Waals surface area contributed by atoms with Gasteiger partial charge in [-0.25, -0.2) is 9.97 Å². The van der Waals surface area contributed by atoms with Gasteiger partial charge in [-0.3, -0.25) is 4.90 Å². The van der Waals surface area contributed by atoms with Gasteiger partial charge in [0, 0.05) is 25.0 Å². The number of ether oxygens (including phenoxy) is 1. The summed E-state index contributed by atoms with van der Waals surface area (Å²) >= 11 is 0. The molecule has 0 unspecified atom stereocenters. The summed E-state index contributed by atoms with van der Waals surface area (Å²) in [6.45, 7) is 1.81. The van der Waals surface area contributed by atoms with E-state index in [9.17, 15) is 0 Å². The van der Waals surface area contributed by atoms with E-state index < -0.39 is 0 Å². The summed E-state index contributed by atoms with van der Waals surface area (Å²) < 4.78 is 5.24. The minimum Gasteiger partial charge on any atom is -0.497 e. The first kappa shape index (κ1) is 16.2. The van der Waals surface area contributed by atoms with E-state index in [1.165, 1.54) is 11.8 Å². The predicted molar refractivity (Wildman–Crippen MR) is 91.7 cm³/mol. The van der Waals surface area contributed by atoms with Crippen molar-refractivity contribution in [2.45, 2.75) is 12.5 Å². The zero-order valence-electron chi connectivity index (χ0n) is 13.9. The molecule has 24 heavy (non-hydrogen) atoms. The van der Waals surface area contributed by atoms with Gasteiger partial charge >= 0.3 is 0 Å². The second kappa shape index (κ2) is 7.28. The maximum Gasteiger partial charge on any atom is 0.182 e. The Bertz CT molecular complexity index is 725. The number of anilines is 1. The number of methoxy groups -OCH3 is 1. The predicted octanol–water partition coefficient (Wildman–Crippen LogP) is 2.46. The highest BCUT2D eigenvalue weighted by Crippen LogP contribution is 2.36. The van der Waals surface area contributed by atoms with Crippen LogP contribution in [0, 0.1) is 17.2 Å². The summed E-state index contributed by atoms with van der Waals surface area (Å²) in [5, 5.41) is 12.4. The normalized spacial score (nSPS) is 20.5. The molecule has 0 radical (unpaired) electrons. The summed E-state index contributed by atoms with van der Waals surface area (Å²) in [5.74, 6) is 1.87. The molecular formula is C18H21N5O. The van der Waals surface area contributed by atoms with Crippen molar-refractivity contribution in [3.63, 3.8) is 0 Å². The Morgan fingerprint density at radius 2 is 2.04 bits per heavy atom. The third-order valence-electron chi connectivity index (χ3n) is 4.57. The monoisotopic (exact) mass is 323 g/mol. The van der Waals surface area contributed by atoms with Gasteiger partial charge in [-0.15, -0.1) is 0 Å². The van der Waals surface area contributed by atoms with Crippen molar-refractivity contribution in [1.29, 1.82) is 5.26 Å². The number of benzene rings is 1. The molecule has 1 aliphatic rings. The third-order valence-corrected chi connectivity index (χ3v) is 4.57. The standard InChI is InChI=1S/C18H21N5O/c1-23-10-7-14(12-22-18-16(11-19)20-8-9-21-18)17(23)13-3-5-15(24-2)6-4-13/h3-6,8-9,14,17H,7,10,12H2,1-2H3,(H,21,22)/t14-,17+/m1/s1. The molecule has 0 saturated carbocycles. The van der Waals surface area contributed by atoms with Gasteiger partial charge in [0.1, 0.15) is 11.8 Å². The van der Waals surface area contributed by atoms with Crippen LogP contribution < -0.4 is 10.1 Å². The van der Waals surface area contributed by atoms with Crippen molar-refractivity contribution in [2.24, 2.45) is 5.92 Å². The van der Waals surface area contributed by atoms with Crippen LogP contribution in [0.15, 0.2) is 36.7 Å². The molecule has 2 aromatic rings. The molecule has 3 rings (SSSR count). The molecule has 124 valence electrons. The van der Waals surface area contributed by atoms with E-state index in [-0.39, 0.29) is 0 Å². The van der Waals surface area contributed by atoms with E-state index in [4.69, 9.17) is 10.00 Å². The lowest BCUT2D eigenvalue weighted by Crippen LogP contribution is -2.25. The molecule has 0 aliphatic carbocycles. The number of nitriles is 1. The Morgan fingerprint density at radius 1 is 1.29 bits per heavy atom. The van der Waals surface area contributed by atoms with E-state index in [0.717, 1.165) is 25.3 Å². The number of hydrogen-bond donors (Lipinski definition) is 1. The van der Waals surface area contributed by atoms with Gasteiger partial charge in [-0.2, -0.15) is 5.26 Å². The zero-order chi connectivity index (χ0) is 16.9. The molecule has 1 N–H and O–H groups in total. The smallest absolute Gasteiger partial charge is 0.182 e. The molecule has 1 aliphatic heterocycles. The van der Waals surface area contributed by atoms with Crippen LogP contribution in [0.5, 0.6) is 5.75 Å². The molecule has 0 amide bonds. The number of nitrogens with one attached hydrogen (secondary N) is 1. The lowest BCUT2D eigenvalue weighted by molar-refractivity contribution is 0.281. The second-order valence-corrected chi connectivity index (χ2v) is 5.99. The van der Waals surface area contributed by atoms with Gasteiger partial charge in [0.25, 0.3) is 0 Å². The minimum atomic E-state index is 0.338. The molecule has 2 heterocycles. The minimum absolute atomic E-state index is 0.338. The van der Waals surface area contributed by atoms with Gasteiger partial charge in [0.15, 0.2) is 11.5 Å². The molecule has 0 spiro atoms. The lowest BCUT2D eigenvalue weighted by Gasteiger charge is -2.26. The molecule has 6 heteroatoms. The summed E-state index contributed by atoms with van der Waals surface area (Å²) in [4.78, 5) is 10.6. The van der Waals surface area contributed by atoms with Crippen molar-refractivity contribution in [2.75, 3.05) is 32.6 Å². The van der Waals surface area contributed by atoms with E-state index in [1.54, 1.807) is 13.3 Å². The van der Waals surface area contributed by atoms with Crippen molar-refractivity contribution < 1.29 is 4.74 Å². The Labute approximate surface area is 142 Å². The van der Waals surface area contributed by atoms with Crippen molar-refractivity contribution in [3.8, 4) is 11.8 Å². The first-order valence-electron chi connectivity index (χ1n) is 8.02. The molecule has 1 saturated heterocycles. The van der Waals surface area contributed by atoms with Crippen LogP contribution >= 0.6 is 0 Å². The fourth-order valence-corrected chi connectivity index (χ4v) is 3.34. The van der Waals surface area contributed by atoms with Gasteiger partial charge in [-0.05, 0) is 43.6 Å². The Kier molecular flexibility index (Phi) is 4.92. The van der Waals surface area contributed by atoms with Crippen LogP contribution in [-0.4, -0.2) is 42.1 Å². The molecule has 0 bridgehead atoms. The second-order valence-electron chi connectivity index (χ2n) is 5.99. The van der Waals surface area contributed by atoms with E-state index >= 15 is 0 Å². The van der Waals surface area contributed by atoms with Crippen LogP contribution in [0.1, 0.15) is 23.7 Å². The van der Waals surface area contributed by atoms with Crippen LogP contribution in [0.2, 0.25) is 0 Å². The summed E-state index contributed by atoms with van der Waals surface area (Å²) in [6.07, 6.45) is 4.24. The zero-order valence-corrected chi connectivity index (χ0v) is 13.9. The van der Waals surface area contributed by atoms with Crippen molar-refractivity contribution >= 4 is 5.82 Å². The fourth-order valence-electron chi connectivity index (χ4n) is 3.34. The first-order valence-corrected chi connectivity index (χ1v) is 8.02. The van der Waals surface area contributed by atoms with Crippen LogP contribution in [0.4, 0.5) is 5.82 Å². The molecule has 1 aromatic carbocycles. The SMILES string of the molecule is COc1ccc([C@H]2[C@@H](CNc3nccnc3C#N)CCN2C)cc1. The molecule has 1 aromatic heterocycles. The van der Waals surface area contributed by atoms with Gasteiger partial charge in [-0.1, -0.05) is 12.1 Å². The van der Waals surface area contributed by atoms with Crippen LogP contribution in [0.3, 0.4) is 0 Å². The quantitative estimate of drug-likeness (QED) is 0.911. The molecule has 6 nitrogen and oxygen atoms in total. The largest absolute Gasteiger partial charge is 0.497 e. The Morgan fingerprint density at radius 3 is 2.75 bits per heavy atom. The maximum absolute atomic E-state index is 9.12. The van der Waals surface area contributed by atoms with Crippen LogP contribution in [0.25, 0.3) is 0 Å².